The van der Waals surface area contributed by atoms with Crippen LogP contribution < -0.4 is 0 Å². The third kappa shape index (κ3) is 4.92. The Morgan fingerprint density at radius 3 is 2.17 bits per heavy atom. The maximum absolute atomic E-state index is 12.8. The third-order valence-corrected chi connectivity index (χ3v) is 6.42. The lowest BCUT2D eigenvalue weighted by Gasteiger charge is -2.44. The SMILES string of the molecule is COCCN1C(C)=C(C(=O)O)C(CC=Cc2ccccc2)(c2cccc([N+](=O)[O-])c2)C(C(=O)O)=C1C. The first-order valence-corrected chi connectivity index (χ1v) is 11.3. The molecule has 2 aromatic rings. The molecule has 1 heterocycles. The highest BCUT2D eigenvalue weighted by Gasteiger charge is 2.51. The summed E-state index contributed by atoms with van der Waals surface area (Å²) in [5, 5.41) is 32.5. The molecule has 0 saturated carbocycles. The highest BCUT2D eigenvalue weighted by molar-refractivity contribution is 6.01. The molecule has 2 N–H and O–H groups in total. The molecular formula is C27H28N2O7. The third-order valence-electron chi connectivity index (χ3n) is 6.42. The number of carboxylic acid groups (broad SMARTS) is 2. The second kappa shape index (κ2) is 11.0. The summed E-state index contributed by atoms with van der Waals surface area (Å²) < 4.78 is 5.16. The van der Waals surface area contributed by atoms with Gasteiger partial charge in [-0.15, -0.1) is 0 Å². The quantitative estimate of drug-likeness (QED) is 0.363. The Hall–Kier alpha value is -4.24. The zero-order chi connectivity index (χ0) is 26.5. The van der Waals surface area contributed by atoms with Crippen LogP contribution >= 0.6 is 0 Å². The molecule has 0 atom stereocenters. The summed E-state index contributed by atoms with van der Waals surface area (Å²) >= 11 is 0. The zero-order valence-corrected chi connectivity index (χ0v) is 20.3. The molecule has 0 unspecified atom stereocenters. The van der Waals surface area contributed by atoms with E-state index < -0.39 is 22.3 Å². The summed E-state index contributed by atoms with van der Waals surface area (Å²) in [4.78, 5) is 38.2. The molecule has 0 bridgehead atoms. The average Bonchev–Trinajstić information content (AvgIpc) is 2.84. The van der Waals surface area contributed by atoms with Crippen molar-refractivity contribution in [2.75, 3.05) is 20.3 Å². The molecule has 0 amide bonds. The highest BCUT2D eigenvalue weighted by Crippen LogP contribution is 2.50. The molecule has 3 rings (SSSR count). The molecule has 0 spiro atoms. The second-order valence-electron chi connectivity index (χ2n) is 8.41. The summed E-state index contributed by atoms with van der Waals surface area (Å²) in [6.45, 7) is 3.72. The number of methoxy groups -OCH3 is 1. The van der Waals surface area contributed by atoms with E-state index in [4.69, 9.17) is 4.74 Å². The summed E-state index contributed by atoms with van der Waals surface area (Å²) in [5.41, 5.74) is -0.491. The van der Waals surface area contributed by atoms with Crippen LogP contribution in [0.3, 0.4) is 0 Å². The van der Waals surface area contributed by atoms with Crippen LogP contribution in [0, 0.1) is 10.1 Å². The van der Waals surface area contributed by atoms with Gasteiger partial charge in [-0.1, -0.05) is 54.6 Å². The van der Waals surface area contributed by atoms with Gasteiger partial charge in [-0.2, -0.15) is 0 Å². The standard InChI is InChI=1S/C27H28N2O7/c1-18-23(25(30)31)27(14-8-11-20-9-5-4-6-10-20,21-12-7-13-22(17-21)29(34)35)24(26(32)33)19(2)28(18)15-16-36-3/h4-13,17H,14-16H2,1-3H3,(H,30,31)(H,32,33). The Bertz CT molecular complexity index is 1220. The lowest BCUT2D eigenvalue weighted by atomic mass is 9.63. The van der Waals surface area contributed by atoms with Crippen molar-refractivity contribution in [3.8, 4) is 0 Å². The Morgan fingerprint density at radius 2 is 1.64 bits per heavy atom. The van der Waals surface area contributed by atoms with E-state index in [1.165, 1.54) is 25.3 Å². The van der Waals surface area contributed by atoms with Gasteiger partial charge in [0.25, 0.3) is 5.69 Å². The minimum atomic E-state index is -1.69. The van der Waals surface area contributed by atoms with E-state index in [1.54, 1.807) is 37.0 Å². The van der Waals surface area contributed by atoms with Gasteiger partial charge in [-0.3, -0.25) is 10.1 Å². The number of aliphatic carboxylic acids is 2. The molecule has 188 valence electrons. The first-order valence-electron chi connectivity index (χ1n) is 11.3. The maximum Gasteiger partial charge on any atom is 0.334 e. The number of rotatable bonds is 10. The minimum absolute atomic E-state index is 0.0425. The van der Waals surface area contributed by atoms with Gasteiger partial charge in [0, 0.05) is 37.2 Å². The summed E-state index contributed by atoms with van der Waals surface area (Å²) in [6.07, 6.45) is 3.45. The van der Waals surface area contributed by atoms with Crippen molar-refractivity contribution in [3.63, 3.8) is 0 Å². The van der Waals surface area contributed by atoms with Crippen molar-refractivity contribution >= 4 is 23.7 Å². The Balaban J connectivity index is 2.37. The molecule has 0 fully saturated rings. The van der Waals surface area contributed by atoms with E-state index in [-0.39, 0.29) is 42.0 Å². The number of non-ortho nitro benzene ring substituents is 1. The fourth-order valence-corrected chi connectivity index (χ4v) is 4.89. The van der Waals surface area contributed by atoms with Crippen LogP contribution in [0.25, 0.3) is 6.08 Å². The number of ether oxygens (including phenoxy) is 1. The van der Waals surface area contributed by atoms with Crippen LogP contribution in [0.1, 0.15) is 31.4 Å². The van der Waals surface area contributed by atoms with Crippen molar-refractivity contribution in [1.82, 2.24) is 4.90 Å². The highest BCUT2D eigenvalue weighted by atomic mass is 16.6. The van der Waals surface area contributed by atoms with Gasteiger partial charge in [-0.25, -0.2) is 9.59 Å². The van der Waals surface area contributed by atoms with Crippen LogP contribution in [-0.4, -0.2) is 52.2 Å². The van der Waals surface area contributed by atoms with Gasteiger partial charge >= 0.3 is 11.9 Å². The number of hydrogen-bond donors (Lipinski definition) is 2. The molecule has 9 nitrogen and oxygen atoms in total. The first-order chi connectivity index (χ1) is 17.1. The van der Waals surface area contributed by atoms with Crippen molar-refractivity contribution in [3.05, 3.63) is 104 Å². The molecule has 0 radical (unpaired) electrons. The largest absolute Gasteiger partial charge is 0.478 e. The van der Waals surface area contributed by atoms with Crippen molar-refractivity contribution in [2.45, 2.75) is 25.7 Å². The fraction of sp³-hybridized carbons (Fsp3) is 0.259. The van der Waals surface area contributed by atoms with Crippen molar-refractivity contribution in [2.24, 2.45) is 0 Å². The number of nitro groups is 1. The average molecular weight is 493 g/mol. The molecule has 1 aliphatic heterocycles. The van der Waals surface area contributed by atoms with Gasteiger partial charge in [0.1, 0.15) is 0 Å². The van der Waals surface area contributed by atoms with E-state index in [1.807, 2.05) is 30.3 Å². The number of benzene rings is 2. The Labute approximate surface area is 208 Å². The number of allylic oxidation sites excluding steroid dienone is 3. The number of carboxylic acids is 2. The molecule has 0 aromatic heterocycles. The summed E-state index contributed by atoms with van der Waals surface area (Å²) in [6, 6.07) is 14.8. The molecule has 1 aliphatic rings. The van der Waals surface area contributed by atoms with Gasteiger partial charge in [0.15, 0.2) is 0 Å². The van der Waals surface area contributed by atoms with Crippen LogP contribution in [0.5, 0.6) is 0 Å². The van der Waals surface area contributed by atoms with E-state index in [9.17, 15) is 29.9 Å². The fourth-order valence-electron chi connectivity index (χ4n) is 4.89. The molecule has 0 aliphatic carbocycles. The normalized spacial score (nSPS) is 15.5. The summed E-state index contributed by atoms with van der Waals surface area (Å²) in [7, 11) is 1.50. The Kier molecular flexibility index (Phi) is 8.06. The van der Waals surface area contributed by atoms with E-state index >= 15 is 0 Å². The predicted molar refractivity (Wildman–Crippen MR) is 134 cm³/mol. The van der Waals surface area contributed by atoms with Gasteiger partial charge in [-0.05, 0) is 31.4 Å². The topological polar surface area (TPSA) is 130 Å². The Morgan fingerprint density at radius 1 is 1.03 bits per heavy atom. The van der Waals surface area contributed by atoms with Crippen LogP contribution in [-0.2, 0) is 19.7 Å². The summed E-state index contributed by atoms with van der Waals surface area (Å²) in [5.74, 6) is -2.61. The number of hydrogen-bond acceptors (Lipinski definition) is 6. The van der Waals surface area contributed by atoms with Gasteiger partial charge in [0.2, 0.25) is 0 Å². The van der Waals surface area contributed by atoms with E-state index in [0.29, 0.717) is 11.4 Å². The molecule has 2 aromatic carbocycles. The number of nitro benzene ring substituents is 1. The molecule has 9 heteroatoms. The molecule has 36 heavy (non-hydrogen) atoms. The van der Waals surface area contributed by atoms with E-state index in [2.05, 4.69) is 0 Å². The number of nitrogens with zero attached hydrogens (tertiary/aromatic N) is 2. The van der Waals surface area contributed by atoms with Gasteiger partial charge < -0.3 is 19.8 Å². The van der Waals surface area contributed by atoms with Crippen molar-refractivity contribution < 1.29 is 29.5 Å². The van der Waals surface area contributed by atoms with E-state index in [0.717, 1.165) is 5.56 Å². The number of carbonyl (C=O) groups is 2. The lowest BCUT2D eigenvalue weighted by Crippen LogP contribution is -2.46. The minimum Gasteiger partial charge on any atom is -0.478 e. The second-order valence-corrected chi connectivity index (χ2v) is 8.41. The van der Waals surface area contributed by atoms with Crippen LogP contribution in [0.15, 0.2) is 83.2 Å². The maximum atomic E-state index is 12.8. The van der Waals surface area contributed by atoms with Gasteiger partial charge in [0.05, 0.1) is 28.1 Å². The molecule has 0 saturated heterocycles. The first kappa shape index (κ1) is 26.4. The molecular weight excluding hydrogens is 464 g/mol. The van der Waals surface area contributed by atoms with Crippen LogP contribution in [0.2, 0.25) is 0 Å². The predicted octanol–water partition coefficient (Wildman–Crippen LogP) is 4.62. The smallest absolute Gasteiger partial charge is 0.334 e. The van der Waals surface area contributed by atoms with Crippen LogP contribution in [0.4, 0.5) is 5.69 Å². The lowest BCUT2D eigenvalue weighted by molar-refractivity contribution is -0.385. The zero-order valence-electron chi connectivity index (χ0n) is 20.3. The monoisotopic (exact) mass is 492 g/mol. The van der Waals surface area contributed by atoms with Crippen molar-refractivity contribution in [1.29, 1.82) is 0 Å².